The number of nitrogens with zero attached hydrogens (tertiary/aromatic N) is 5. The summed E-state index contributed by atoms with van der Waals surface area (Å²) in [6, 6.07) is 8.20. The highest BCUT2D eigenvalue weighted by molar-refractivity contribution is 7.22. The molecule has 34 heavy (non-hydrogen) atoms. The van der Waals surface area contributed by atoms with Crippen molar-refractivity contribution in [3.8, 4) is 0 Å². The number of benzene rings is 1. The van der Waals surface area contributed by atoms with Crippen LogP contribution >= 0.6 is 22.9 Å². The molecule has 2 atom stereocenters. The van der Waals surface area contributed by atoms with Crippen molar-refractivity contribution in [3.05, 3.63) is 46.7 Å². The van der Waals surface area contributed by atoms with Crippen molar-refractivity contribution in [1.82, 2.24) is 19.6 Å². The van der Waals surface area contributed by atoms with Crippen LogP contribution in [-0.2, 0) is 11.2 Å². The normalized spacial score (nSPS) is 21.4. The lowest BCUT2D eigenvalue weighted by atomic mass is 9.93. The van der Waals surface area contributed by atoms with Gasteiger partial charge in [-0.2, -0.15) is 0 Å². The molecule has 1 aromatic carbocycles. The number of nitrogens with one attached hydrogen (secondary N) is 1. The Morgan fingerprint density at radius 1 is 1.12 bits per heavy atom. The van der Waals surface area contributed by atoms with Gasteiger partial charge in [-0.05, 0) is 36.6 Å². The summed E-state index contributed by atoms with van der Waals surface area (Å²) >= 11 is 8.38. The molecule has 178 valence electrons. The van der Waals surface area contributed by atoms with Gasteiger partial charge in [-0.25, -0.2) is 14.5 Å². The van der Waals surface area contributed by atoms with Crippen molar-refractivity contribution in [2.75, 3.05) is 36.5 Å². The highest BCUT2D eigenvalue weighted by Crippen LogP contribution is 2.35. The van der Waals surface area contributed by atoms with Gasteiger partial charge in [0.15, 0.2) is 10.8 Å². The lowest BCUT2D eigenvalue weighted by molar-refractivity contribution is 0.116. The molecule has 0 amide bonds. The lowest BCUT2D eigenvalue weighted by Gasteiger charge is -2.27. The average molecular weight is 499 g/mol. The van der Waals surface area contributed by atoms with Crippen LogP contribution in [0.1, 0.15) is 36.9 Å². The van der Waals surface area contributed by atoms with Gasteiger partial charge in [-0.15, -0.1) is 5.10 Å². The summed E-state index contributed by atoms with van der Waals surface area (Å²) in [4.78, 5) is 11.7. The number of thiazole rings is 1. The second-order valence-electron chi connectivity index (χ2n) is 9.01. The summed E-state index contributed by atoms with van der Waals surface area (Å²) in [7, 11) is 0. The molecule has 1 aliphatic carbocycles. The number of ether oxygens (including phenoxy) is 1. The average Bonchev–Trinajstić information content (AvgIpc) is 3.46. The molecular weight excluding hydrogens is 472 g/mol. The smallest absolute Gasteiger partial charge is 0.184 e. The molecule has 1 saturated carbocycles. The summed E-state index contributed by atoms with van der Waals surface area (Å²) in [6.45, 7) is 3.15. The second kappa shape index (κ2) is 9.30. The Hall–Kier alpha value is -2.46. The van der Waals surface area contributed by atoms with Gasteiger partial charge in [0.25, 0.3) is 0 Å². The van der Waals surface area contributed by atoms with E-state index in [1.165, 1.54) is 0 Å². The van der Waals surface area contributed by atoms with Crippen molar-refractivity contribution in [2.45, 2.75) is 44.2 Å². The van der Waals surface area contributed by atoms with E-state index < -0.39 is 0 Å². The van der Waals surface area contributed by atoms with E-state index in [4.69, 9.17) is 31.4 Å². The van der Waals surface area contributed by atoms with Crippen molar-refractivity contribution < 1.29 is 9.84 Å². The second-order valence-corrected chi connectivity index (χ2v) is 10.4. The van der Waals surface area contributed by atoms with Crippen molar-refractivity contribution in [2.24, 2.45) is 0 Å². The van der Waals surface area contributed by atoms with Gasteiger partial charge in [-0.3, -0.25) is 0 Å². The Bertz CT molecular complexity index is 1320. The lowest BCUT2D eigenvalue weighted by Crippen LogP contribution is -2.36. The van der Waals surface area contributed by atoms with E-state index in [9.17, 15) is 5.11 Å². The van der Waals surface area contributed by atoms with E-state index in [-0.39, 0.29) is 12.1 Å². The first-order valence-corrected chi connectivity index (χ1v) is 13.0. The molecule has 1 aliphatic heterocycles. The van der Waals surface area contributed by atoms with E-state index >= 15 is 0 Å². The summed E-state index contributed by atoms with van der Waals surface area (Å²) in [5, 5.41) is 19.9. The Morgan fingerprint density at radius 3 is 2.82 bits per heavy atom. The molecule has 4 aromatic rings. The maximum absolute atomic E-state index is 10.3. The molecule has 8 nitrogen and oxygen atoms in total. The fraction of sp³-hybridized carbons (Fsp3) is 0.458. The third-order valence-electron chi connectivity index (χ3n) is 6.68. The summed E-state index contributed by atoms with van der Waals surface area (Å²) in [5.41, 5.74) is 3.51. The molecule has 10 heteroatoms. The highest BCUT2D eigenvalue weighted by atomic mass is 35.5. The largest absolute Gasteiger partial charge is 0.391 e. The third-order valence-corrected chi connectivity index (χ3v) is 8.05. The minimum Gasteiger partial charge on any atom is -0.391 e. The number of fused-ring (bicyclic) bond motifs is 2. The molecule has 0 bridgehead atoms. The zero-order chi connectivity index (χ0) is 23.1. The number of halogens is 1. The molecule has 2 aliphatic rings. The van der Waals surface area contributed by atoms with Crippen LogP contribution in [0.2, 0.25) is 5.02 Å². The number of anilines is 2. The van der Waals surface area contributed by atoms with Gasteiger partial charge >= 0.3 is 0 Å². The van der Waals surface area contributed by atoms with Crippen LogP contribution in [0.5, 0.6) is 0 Å². The van der Waals surface area contributed by atoms with Crippen molar-refractivity contribution >= 4 is 49.8 Å². The molecule has 2 unspecified atom stereocenters. The molecule has 1 saturated heterocycles. The highest BCUT2D eigenvalue weighted by Gasteiger charge is 2.24. The van der Waals surface area contributed by atoms with Gasteiger partial charge in [0, 0.05) is 19.5 Å². The number of aliphatic hydroxyl groups is 1. The molecule has 2 fully saturated rings. The molecule has 0 spiro atoms. The Morgan fingerprint density at radius 2 is 1.97 bits per heavy atom. The van der Waals surface area contributed by atoms with Gasteiger partial charge < -0.3 is 20.1 Å². The minimum atomic E-state index is -0.320. The molecular formula is C24H27ClN6O2S. The van der Waals surface area contributed by atoms with E-state index in [1.807, 2.05) is 22.8 Å². The van der Waals surface area contributed by atoms with Gasteiger partial charge in [0.1, 0.15) is 11.3 Å². The number of aromatic nitrogens is 4. The summed E-state index contributed by atoms with van der Waals surface area (Å²) in [5.74, 6) is 0.935. The van der Waals surface area contributed by atoms with Crippen LogP contribution in [0, 0.1) is 0 Å². The number of hydrogen-bond donors (Lipinski definition) is 2. The quantitative estimate of drug-likeness (QED) is 0.427. The predicted molar refractivity (Wildman–Crippen MR) is 135 cm³/mol. The minimum absolute atomic E-state index is 0.0559. The van der Waals surface area contributed by atoms with E-state index in [0.29, 0.717) is 11.4 Å². The SMILES string of the molecule is OC1CCCCC1Nc1nc2c(Cl)c(Cc3cn4nc(N5CCOCC5)ccc4n3)ccc2s1. The predicted octanol–water partition coefficient (Wildman–Crippen LogP) is 4.14. The molecule has 2 N–H and O–H groups in total. The van der Waals surface area contributed by atoms with Crippen LogP contribution in [0.4, 0.5) is 10.9 Å². The van der Waals surface area contributed by atoms with Crippen molar-refractivity contribution in [1.29, 1.82) is 0 Å². The summed E-state index contributed by atoms with van der Waals surface area (Å²) < 4.78 is 8.32. The standard InChI is InChI=1S/C24H27ClN6O2S/c25-22-15(5-6-19-23(22)28-24(34-19)27-17-3-1-2-4-18(17)32)13-16-14-31-20(26-16)7-8-21(29-31)30-9-11-33-12-10-30/h5-8,14,17-18,32H,1-4,9-13H2,(H,27,28). The molecule has 0 radical (unpaired) electrons. The van der Waals surface area contributed by atoms with E-state index in [1.54, 1.807) is 11.3 Å². The molecule has 4 heterocycles. The number of rotatable bonds is 5. The van der Waals surface area contributed by atoms with Crippen LogP contribution in [0.3, 0.4) is 0 Å². The van der Waals surface area contributed by atoms with Crippen LogP contribution in [-0.4, -0.2) is 63.1 Å². The number of hydrogen-bond acceptors (Lipinski definition) is 8. The Kier molecular flexibility index (Phi) is 6.02. The zero-order valence-corrected chi connectivity index (χ0v) is 20.4. The van der Waals surface area contributed by atoms with Crippen LogP contribution < -0.4 is 10.2 Å². The Balaban J connectivity index is 1.23. The van der Waals surface area contributed by atoms with E-state index in [0.717, 1.165) is 90.1 Å². The van der Waals surface area contributed by atoms with Crippen LogP contribution in [0.25, 0.3) is 15.9 Å². The molecule has 6 rings (SSSR count). The maximum Gasteiger partial charge on any atom is 0.184 e. The number of aliphatic hydroxyl groups excluding tert-OH is 1. The molecule has 3 aromatic heterocycles. The van der Waals surface area contributed by atoms with Gasteiger partial charge in [0.05, 0.1) is 47.0 Å². The van der Waals surface area contributed by atoms with Gasteiger partial charge in [-0.1, -0.05) is 41.8 Å². The first-order valence-electron chi connectivity index (χ1n) is 11.8. The van der Waals surface area contributed by atoms with Gasteiger partial charge in [0.2, 0.25) is 0 Å². The monoisotopic (exact) mass is 498 g/mol. The number of morpholine rings is 1. The fourth-order valence-corrected chi connectivity index (χ4v) is 6.07. The Labute approximate surface area is 206 Å². The third kappa shape index (κ3) is 4.33. The zero-order valence-electron chi connectivity index (χ0n) is 18.8. The maximum atomic E-state index is 10.3. The van der Waals surface area contributed by atoms with Crippen LogP contribution in [0.15, 0.2) is 30.5 Å². The topological polar surface area (TPSA) is 87.8 Å². The van der Waals surface area contributed by atoms with Crippen molar-refractivity contribution in [3.63, 3.8) is 0 Å². The fourth-order valence-electron chi connectivity index (χ4n) is 4.80. The first-order chi connectivity index (χ1) is 16.6. The van der Waals surface area contributed by atoms with E-state index in [2.05, 4.69) is 22.3 Å². The summed E-state index contributed by atoms with van der Waals surface area (Å²) in [6.07, 6.45) is 6.28. The first kappa shape index (κ1) is 22.0. The number of imidazole rings is 1.